The van der Waals surface area contributed by atoms with Gasteiger partial charge in [0.1, 0.15) is 5.65 Å². The summed E-state index contributed by atoms with van der Waals surface area (Å²) in [6, 6.07) is 5.15. The number of pyridine rings is 1. The maximum Gasteiger partial charge on any atom is 0.276 e. The zero-order valence-electron chi connectivity index (χ0n) is 10.4. The number of fused-ring (bicyclic) bond motifs is 1. The molecule has 102 valence electrons. The van der Waals surface area contributed by atoms with E-state index in [1.54, 1.807) is 19.2 Å². The molecule has 0 N–H and O–H groups in total. The average Bonchev–Trinajstić information content (AvgIpc) is 2.83. The van der Waals surface area contributed by atoms with Gasteiger partial charge in [0.25, 0.3) is 10.8 Å². The Morgan fingerprint density at radius 1 is 1.40 bits per heavy atom. The third kappa shape index (κ3) is 2.75. The number of nitrogens with zero attached hydrogens (tertiary/aromatic N) is 4. The van der Waals surface area contributed by atoms with Crippen LogP contribution in [0.15, 0.2) is 43.3 Å². The number of aryl methyl sites for hydroxylation is 1. The zero-order chi connectivity index (χ0) is 14.1. The monoisotopic (exact) mass is 352 g/mol. The molecule has 0 aliphatic rings. The second-order valence-electron chi connectivity index (χ2n) is 4.04. The summed E-state index contributed by atoms with van der Waals surface area (Å²) in [6.45, 7) is 1.73. The van der Waals surface area contributed by atoms with Crippen LogP contribution in [0.5, 0.6) is 0 Å². The van der Waals surface area contributed by atoms with Crippen molar-refractivity contribution < 1.29 is 4.42 Å². The highest BCUT2D eigenvalue weighted by molar-refractivity contribution is 9.10. The van der Waals surface area contributed by atoms with E-state index in [1.807, 2.05) is 6.07 Å². The maximum absolute atomic E-state index is 12.0. The van der Waals surface area contributed by atoms with Crippen molar-refractivity contribution in [2.45, 2.75) is 17.9 Å². The Balaban J connectivity index is 1.89. The molecule has 3 aromatic heterocycles. The Morgan fingerprint density at radius 2 is 2.25 bits per heavy atom. The molecular weight excluding hydrogens is 344 g/mol. The Kier molecular flexibility index (Phi) is 3.58. The van der Waals surface area contributed by atoms with Crippen molar-refractivity contribution in [1.82, 2.24) is 19.6 Å². The van der Waals surface area contributed by atoms with Crippen LogP contribution in [-0.2, 0) is 5.75 Å². The molecule has 0 aliphatic carbocycles. The van der Waals surface area contributed by atoms with Crippen LogP contribution in [0.4, 0.5) is 0 Å². The molecule has 0 atom stereocenters. The van der Waals surface area contributed by atoms with Crippen molar-refractivity contribution in [3.8, 4) is 0 Å². The predicted molar refractivity (Wildman–Crippen MR) is 77.8 cm³/mol. The smallest absolute Gasteiger partial charge is 0.276 e. The lowest BCUT2D eigenvalue weighted by molar-refractivity contribution is 0.429. The number of rotatable bonds is 3. The van der Waals surface area contributed by atoms with E-state index in [0.29, 0.717) is 28.2 Å². The molecule has 3 aromatic rings. The van der Waals surface area contributed by atoms with E-state index in [-0.39, 0.29) is 5.56 Å². The first-order chi connectivity index (χ1) is 9.61. The van der Waals surface area contributed by atoms with E-state index in [1.165, 1.54) is 22.2 Å². The molecule has 0 aromatic carbocycles. The van der Waals surface area contributed by atoms with Gasteiger partial charge in [-0.05, 0) is 28.1 Å². The molecule has 0 spiro atoms. The molecule has 8 heteroatoms. The van der Waals surface area contributed by atoms with Crippen molar-refractivity contribution >= 4 is 33.3 Å². The minimum Gasteiger partial charge on any atom is -0.416 e. The van der Waals surface area contributed by atoms with Crippen LogP contribution < -0.4 is 5.56 Å². The summed E-state index contributed by atoms with van der Waals surface area (Å²) in [5.41, 5.74) is 1.17. The van der Waals surface area contributed by atoms with Gasteiger partial charge in [-0.25, -0.2) is 4.98 Å². The lowest BCUT2D eigenvalue weighted by atomic mass is 10.4. The van der Waals surface area contributed by atoms with E-state index in [0.717, 1.165) is 4.47 Å². The number of hydrogen-bond acceptors (Lipinski definition) is 6. The lowest BCUT2D eigenvalue weighted by Gasteiger charge is -2.03. The van der Waals surface area contributed by atoms with Gasteiger partial charge in [0.15, 0.2) is 0 Å². The fraction of sp³-hybridized carbons (Fsp3) is 0.167. The summed E-state index contributed by atoms with van der Waals surface area (Å²) in [5.74, 6) is 1.02. The van der Waals surface area contributed by atoms with E-state index in [2.05, 4.69) is 31.1 Å². The Labute approximate surface area is 126 Å². The van der Waals surface area contributed by atoms with Crippen LogP contribution in [0.1, 0.15) is 11.6 Å². The van der Waals surface area contributed by atoms with Gasteiger partial charge in [0, 0.05) is 29.4 Å². The first-order valence-corrected chi connectivity index (χ1v) is 7.50. The fourth-order valence-corrected chi connectivity index (χ4v) is 2.71. The second-order valence-corrected chi connectivity index (χ2v) is 5.88. The molecule has 0 saturated heterocycles. The van der Waals surface area contributed by atoms with Crippen molar-refractivity contribution in [2.24, 2.45) is 0 Å². The largest absolute Gasteiger partial charge is 0.416 e. The first kappa shape index (κ1) is 13.3. The highest BCUT2D eigenvalue weighted by Crippen LogP contribution is 2.20. The van der Waals surface area contributed by atoms with Crippen molar-refractivity contribution in [3.05, 3.63) is 50.8 Å². The third-order valence-corrected chi connectivity index (χ3v) is 3.85. The van der Waals surface area contributed by atoms with Crippen LogP contribution >= 0.6 is 27.7 Å². The van der Waals surface area contributed by atoms with Gasteiger partial charge in [-0.2, -0.15) is 0 Å². The van der Waals surface area contributed by atoms with Crippen LogP contribution in [-0.4, -0.2) is 19.6 Å². The molecular formula is C12H9BrN4O2S. The Morgan fingerprint density at radius 3 is 3.00 bits per heavy atom. The quantitative estimate of drug-likeness (QED) is 0.674. The molecule has 0 bridgehead atoms. The normalized spacial score (nSPS) is 11.1. The first-order valence-electron chi connectivity index (χ1n) is 5.72. The summed E-state index contributed by atoms with van der Waals surface area (Å²) in [5, 5.41) is 8.11. The van der Waals surface area contributed by atoms with Gasteiger partial charge in [0.05, 0.1) is 5.69 Å². The van der Waals surface area contributed by atoms with Crippen LogP contribution in [0.25, 0.3) is 5.65 Å². The minimum atomic E-state index is -0.117. The number of aromatic nitrogens is 4. The third-order valence-electron chi connectivity index (χ3n) is 2.53. The Hall–Kier alpha value is -1.67. The summed E-state index contributed by atoms with van der Waals surface area (Å²) in [4.78, 5) is 16.4. The maximum atomic E-state index is 12.0. The predicted octanol–water partition coefficient (Wildman–Crippen LogP) is 2.44. The van der Waals surface area contributed by atoms with Crippen molar-refractivity contribution in [1.29, 1.82) is 0 Å². The molecule has 20 heavy (non-hydrogen) atoms. The highest BCUT2D eigenvalue weighted by Gasteiger charge is 2.07. The van der Waals surface area contributed by atoms with E-state index < -0.39 is 0 Å². The fourth-order valence-electron chi connectivity index (χ4n) is 1.67. The lowest BCUT2D eigenvalue weighted by Crippen LogP contribution is -2.15. The van der Waals surface area contributed by atoms with Gasteiger partial charge in [-0.3, -0.25) is 9.20 Å². The molecule has 0 radical (unpaired) electrons. The number of thioether (sulfide) groups is 1. The molecule has 6 nitrogen and oxygen atoms in total. The van der Waals surface area contributed by atoms with Crippen LogP contribution in [0, 0.1) is 6.92 Å². The van der Waals surface area contributed by atoms with Crippen LogP contribution in [0.3, 0.4) is 0 Å². The summed E-state index contributed by atoms with van der Waals surface area (Å²) < 4.78 is 7.59. The average molecular weight is 353 g/mol. The highest BCUT2D eigenvalue weighted by atomic mass is 79.9. The molecule has 0 saturated carbocycles. The summed E-state index contributed by atoms with van der Waals surface area (Å²) in [6.07, 6.45) is 1.70. The van der Waals surface area contributed by atoms with Crippen molar-refractivity contribution in [3.63, 3.8) is 0 Å². The Bertz CT molecular complexity index is 830. The van der Waals surface area contributed by atoms with Gasteiger partial charge in [-0.1, -0.05) is 11.8 Å². The molecule has 0 aliphatic heterocycles. The van der Waals surface area contributed by atoms with Crippen molar-refractivity contribution in [2.75, 3.05) is 0 Å². The minimum absolute atomic E-state index is 0.117. The van der Waals surface area contributed by atoms with Gasteiger partial charge < -0.3 is 4.42 Å². The summed E-state index contributed by atoms with van der Waals surface area (Å²) >= 11 is 4.68. The van der Waals surface area contributed by atoms with E-state index >= 15 is 0 Å². The molecule has 0 fully saturated rings. The number of halogens is 1. The zero-order valence-corrected chi connectivity index (χ0v) is 12.8. The van der Waals surface area contributed by atoms with E-state index in [9.17, 15) is 4.79 Å². The standard InChI is InChI=1S/C12H9BrN4O2S/c1-7-15-16-12(19-7)20-6-9-4-11(18)17-5-8(13)2-3-10(17)14-9/h2-5H,6H2,1H3. The second kappa shape index (κ2) is 5.37. The van der Waals surface area contributed by atoms with Gasteiger partial charge in [-0.15, -0.1) is 10.2 Å². The SMILES string of the molecule is Cc1nnc(SCc2cc(=O)n3cc(Br)ccc3n2)o1. The number of hydrogen-bond donors (Lipinski definition) is 0. The van der Waals surface area contributed by atoms with Gasteiger partial charge in [0.2, 0.25) is 5.89 Å². The van der Waals surface area contributed by atoms with Crippen LogP contribution in [0.2, 0.25) is 0 Å². The topological polar surface area (TPSA) is 73.3 Å². The summed E-state index contributed by atoms with van der Waals surface area (Å²) in [7, 11) is 0. The van der Waals surface area contributed by atoms with E-state index in [4.69, 9.17) is 4.42 Å². The molecule has 3 heterocycles. The molecule has 0 amide bonds. The molecule has 3 rings (SSSR count). The molecule has 0 unspecified atom stereocenters. The van der Waals surface area contributed by atoms with Gasteiger partial charge >= 0.3 is 0 Å².